The molecule has 1 nitrogen and oxygen atoms in total. The van der Waals surface area contributed by atoms with E-state index in [4.69, 9.17) is 11.6 Å². The molecule has 0 aliphatic rings. The normalized spacial score (nSPS) is 10.8. The van der Waals surface area contributed by atoms with Gasteiger partial charge in [-0.2, -0.15) is 0 Å². The highest BCUT2D eigenvalue weighted by Crippen LogP contribution is 2.29. The molecule has 3 heteroatoms. The monoisotopic (exact) mass is 271 g/mol. The van der Waals surface area contributed by atoms with Gasteiger partial charge in [-0.15, -0.1) is 11.8 Å². The average Bonchev–Trinajstić information content (AvgIpc) is 2.33. The van der Waals surface area contributed by atoms with Gasteiger partial charge >= 0.3 is 0 Å². The highest BCUT2D eigenvalue weighted by Gasteiger charge is 2.06. The van der Waals surface area contributed by atoms with Crippen LogP contribution in [0.1, 0.15) is 38.7 Å². The van der Waals surface area contributed by atoms with Crippen LogP contribution in [-0.2, 0) is 6.54 Å². The minimum Gasteiger partial charge on any atom is -0.313 e. The molecule has 1 N–H and O–H groups in total. The fourth-order valence-corrected chi connectivity index (χ4v) is 3.04. The van der Waals surface area contributed by atoms with E-state index in [0.29, 0.717) is 0 Å². The van der Waals surface area contributed by atoms with Crippen LogP contribution in [0.4, 0.5) is 0 Å². The van der Waals surface area contributed by atoms with Crippen LogP contribution in [0.5, 0.6) is 0 Å². The number of rotatable bonds is 8. The molecule has 0 saturated heterocycles. The van der Waals surface area contributed by atoms with Crippen molar-refractivity contribution in [3.8, 4) is 0 Å². The first-order valence-electron chi connectivity index (χ1n) is 6.40. The molecule has 1 aromatic carbocycles. The number of hydrogen-bond donors (Lipinski definition) is 1. The summed E-state index contributed by atoms with van der Waals surface area (Å²) in [6, 6.07) is 6.20. The van der Waals surface area contributed by atoms with E-state index in [1.165, 1.54) is 29.1 Å². The third-order valence-corrected chi connectivity index (χ3v) is 4.10. The fraction of sp³-hybridized carbons (Fsp3) is 0.571. The lowest BCUT2D eigenvalue weighted by Crippen LogP contribution is -2.14. The van der Waals surface area contributed by atoms with Gasteiger partial charge in [0.2, 0.25) is 0 Å². The van der Waals surface area contributed by atoms with Crippen molar-refractivity contribution in [2.75, 3.05) is 12.3 Å². The van der Waals surface area contributed by atoms with Gasteiger partial charge in [-0.3, -0.25) is 0 Å². The van der Waals surface area contributed by atoms with Gasteiger partial charge in [0.05, 0.1) is 0 Å². The smallest absolute Gasteiger partial charge is 0.0462 e. The zero-order valence-electron chi connectivity index (χ0n) is 10.8. The van der Waals surface area contributed by atoms with Gasteiger partial charge in [0, 0.05) is 16.5 Å². The lowest BCUT2D eigenvalue weighted by molar-refractivity contribution is 0.669. The van der Waals surface area contributed by atoms with Crippen molar-refractivity contribution in [1.29, 1.82) is 0 Å². The summed E-state index contributed by atoms with van der Waals surface area (Å²) in [7, 11) is 0. The van der Waals surface area contributed by atoms with E-state index in [-0.39, 0.29) is 0 Å². The zero-order valence-corrected chi connectivity index (χ0v) is 12.3. The summed E-state index contributed by atoms with van der Waals surface area (Å²) in [5, 5.41) is 4.31. The molecule has 0 unspecified atom stereocenters. The lowest BCUT2D eigenvalue weighted by Gasteiger charge is -2.11. The molecule has 1 aromatic rings. The van der Waals surface area contributed by atoms with Crippen molar-refractivity contribution in [2.45, 2.75) is 44.6 Å². The molecule has 0 spiro atoms. The highest BCUT2D eigenvalue weighted by atomic mass is 35.5. The molecular weight excluding hydrogens is 250 g/mol. The maximum atomic E-state index is 6.27. The number of thioether (sulfide) groups is 1. The minimum atomic E-state index is 0.877. The van der Waals surface area contributed by atoms with Crippen LogP contribution in [-0.4, -0.2) is 12.3 Å². The summed E-state index contributed by atoms with van der Waals surface area (Å²) in [5.41, 5.74) is 1.25. The highest BCUT2D eigenvalue weighted by molar-refractivity contribution is 7.99. The summed E-state index contributed by atoms with van der Waals surface area (Å²) in [6.45, 7) is 6.32. The van der Waals surface area contributed by atoms with E-state index in [0.717, 1.165) is 24.5 Å². The van der Waals surface area contributed by atoms with E-state index in [1.807, 2.05) is 23.9 Å². The summed E-state index contributed by atoms with van der Waals surface area (Å²) in [5.74, 6) is 1.18. The number of unbranched alkanes of at least 4 members (excludes halogenated alkanes) is 1. The minimum absolute atomic E-state index is 0.877. The second-order valence-electron chi connectivity index (χ2n) is 4.10. The van der Waals surface area contributed by atoms with E-state index in [2.05, 4.69) is 25.2 Å². The van der Waals surface area contributed by atoms with E-state index < -0.39 is 0 Å². The number of benzene rings is 1. The predicted octanol–water partition coefficient (Wildman–Crippen LogP) is 4.73. The fourth-order valence-electron chi connectivity index (χ4n) is 1.56. The van der Waals surface area contributed by atoms with Gasteiger partial charge in [0.1, 0.15) is 0 Å². The Labute approximate surface area is 114 Å². The number of nitrogens with one attached hydrogen (secondary N) is 1. The SMILES string of the molecule is CCCCSc1cccc(Cl)c1CNCCC. The predicted molar refractivity (Wildman–Crippen MR) is 79.1 cm³/mol. The Bertz CT molecular complexity index is 328. The third kappa shape index (κ3) is 5.33. The van der Waals surface area contributed by atoms with E-state index >= 15 is 0 Å². The van der Waals surface area contributed by atoms with Crippen molar-refractivity contribution in [1.82, 2.24) is 5.32 Å². The van der Waals surface area contributed by atoms with Crippen LogP contribution < -0.4 is 5.32 Å². The van der Waals surface area contributed by atoms with Crippen LogP contribution in [0.15, 0.2) is 23.1 Å². The first-order chi connectivity index (χ1) is 8.29. The number of hydrogen-bond acceptors (Lipinski definition) is 2. The molecule has 0 aliphatic heterocycles. The zero-order chi connectivity index (χ0) is 12.5. The second kappa shape index (κ2) is 8.84. The van der Waals surface area contributed by atoms with Gasteiger partial charge in [0.25, 0.3) is 0 Å². The van der Waals surface area contributed by atoms with Crippen LogP contribution in [0.25, 0.3) is 0 Å². The van der Waals surface area contributed by atoms with Crippen LogP contribution in [0.2, 0.25) is 5.02 Å². The van der Waals surface area contributed by atoms with Crippen molar-refractivity contribution >= 4 is 23.4 Å². The molecule has 0 amide bonds. The maximum Gasteiger partial charge on any atom is 0.0462 e. The Morgan fingerprint density at radius 2 is 2.06 bits per heavy atom. The first kappa shape index (κ1) is 14.9. The van der Waals surface area contributed by atoms with Gasteiger partial charge in [0.15, 0.2) is 0 Å². The Morgan fingerprint density at radius 3 is 2.76 bits per heavy atom. The Hall–Kier alpha value is -0.180. The molecule has 0 bridgehead atoms. The van der Waals surface area contributed by atoms with E-state index in [1.54, 1.807) is 0 Å². The molecule has 0 aromatic heterocycles. The van der Waals surface area contributed by atoms with Crippen molar-refractivity contribution in [3.05, 3.63) is 28.8 Å². The van der Waals surface area contributed by atoms with Gasteiger partial charge in [-0.05, 0) is 42.8 Å². The average molecular weight is 272 g/mol. The third-order valence-electron chi connectivity index (χ3n) is 2.56. The summed E-state index contributed by atoms with van der Waals surface area (Å²) in [4.78, 5) is 1.33. The summed E-state index contributed by atoms with van der Waals surface area (Å²) in [6.07, 6.45) is 3.67. The Kier molecular flexibility index (Phi) is 7.74. The molecule has 0 saturated carbocycles. The molecule has 0 atom stereocenters. The molecule has 0 fully saturated rings. The van der Waals surface area contributed by atoms with E-state index in [9.17, 15) is 0 Å². The first-order valence-corrected chi connectivity index (χ1v) is 7.76. The standard InChI is InChI=1S/C14H22ClNS/c1-3-5-10-17-14-8-6-7-13(15)12(14)11-16-9-4-2/h6-8,16H,3-5,9-11H2,1-2H3. The summed E-state index contributed by atoms with van der Waals surface area (Å²) < 4.78 is 0. The summed E-state index contributed by atoms with van der Waals surface area (Å²) >= 11 is 8.19. The van der Waals surface area contributed by atoms with Crippen molar-refractivity contribution in [3.63, 3.8) is 0 Å². The topological polar surface area (TPSA) is 12.0 Å². The van der Waals surface area contributed by atoms with Crippen molar-refractivity contribution in [2.24, 2.45) is 0 Å². The lowest BCUT2D eigenvalue weighted by atomic mass is 10.2. The Balaban J connectivity index is 2.63. The quantitative estimate of drug-likeness (QED) is 0.542. The van der Waals surface area contributed by atoms with Crippen LogP contribution in [0.3, 0.4) is 0 Å². The van der Waals surface area contributed by atoms with Crippen molar-refractivity contribution < 1.29 is 0 Å². The number of halogens is 1. The molecule has 96 valence electrons. The second-order valence-corrected chi connectivity index (χ2v) is 5.64. The van der Waals surface area contributed by atoms with Gasteiger partial charge in [-0.25, -0.2) is 0 Å². The maximum absolute atomic E-state index is 6.27. The molecule has 0 aliphatic carbocycles. The van der Waals surface area contributed by atoms with Crippen LogP contribution >= 0.6 is 23.4 Å². The molecule has 0 radical (unpaired) electrons. The van der Waals surface area contributed by atoms with Gasteiger partial charge < -0.3 is 5.32 Å². The molecular formula is C14H22ClNS. The molecule has 17 heavy (non-hydrogen) atoms. The molecule has 0 heterocycles. The largest absolute Gasteiger partial charge is 0.313 e. The van der Waals surface area contributed by atoms with Crippen LogP contribution in [0, 0.1) is 0 Å². The molecule has 1 rings (SSSR count). The van der Waals surface area contributed by atoms with Gasteiger partial charge in [-0.1, -0.05) is 37.9 Å². The Morgan fingerprint density at radius 1 is 1.24 bits per heavy atom.